The predicted octanol–water partition coefficient (Wildman–Crippen LogP) is 0.656. The Morgan fingerprint density at radius 3 is 2.88 bits per heavy atom. The fourth-order valence-electron chi connectivity index (χ4n) is 0.514. The largest absolute Gasteiger partial charge is 0.485 e. The predicted molar refractivity (Wildman–Crippen MR) is 29.2 cm³/mol. The lowest BCUT2D eigenvalue weighted by Crippen LogP contribution is -1.92. The third-order valence-electron chi connectivity index (χ3n) is 0.886. The van der Waals surface area contributed by atoms with E-state index >= 15 is 0 Å². The molecular formula is C6H6O2. The zero-order valence-electron chi connectivity index (χ0n) is 4.39. The van der Waals surface area contributed by atoms with Gasteiger partial charge in [-0.3, -0.25) is 4.79 Å². The number of hydrogen-bond donors (Lipinski definition) is 0. The number of ether oxygens (including phenoxy) is 1. The first kappa shape index (κ1) is 5.09. The average Bonchev–Trinajstić information content (AvgIpc) is 2.14. The smallest absolute Gasteiger partial charge is 0.196 e. The van der Waals surface area contributed by atoms with Crippen molar-refractivity contribution in [2.45, 2.75) is 0 Å². The lowest BCUT2D eigenvalue weighted by Gasteiger charge is -1.90. The molecule has 0 radical (unpaired) electrons. The van der Waals surface area contributed by atoms with Crippen molar-refractivity contribution in [2.24, 2.45) is 0 Å². The molecule has 0 bridgehead atoms. The number of hydrogen-bond acceptors (Lipinski definition) is 2. The van der Waals surface area contributed by atoms with E-state index in [1.165, 1.54) is 12.2 Å². The van der Waals surface area contributed by atoms with Crippen LogP contribution in [-0.4, -0.2) is 12.4 Å². The summed E-state index contributed by atoms with van der Waals surface area (Å²) in [6.45, 7) is 3.61. The standard InChI is InChI=1S/C6H6O2/c1-2-6-3-5(7)4-8-6/h2-3H,1,4H2. The Morgan fingerprint density at radius 1 is 1.88 bits per heavy atom. The molecule has 8 heavy (non-hydrogen) atoms. The van der Waals surface area contributed by atoms with E-state index in [2.05, 4.69) is 6.58 Å². The molecule has 2 nitrogen and oxygen atoms in total. The summed E-state index contributed by atoms with van der Waals surface area (Å²) in [6, 6.07) is 0. The van der Waals surface area contributed by atoms with Crippen molar-refractivity contribution in [3.8, 4) is 0 Å². The molecule has 0 aliphatic carbocycles. The van der Waals surface area contributed by atoms with Crippen molar-refractivity contribution < 1.29 is 9.53 Å². The number of rotatable bonds is 1. The first-order chi connectivity index (χ1) is 3.83. The molecule has 1 heterocycles. The van der Waals surface area contributed by atoms with E-state index in [-0.39, 0.29) is 12.4 Å². The molecule has 0 unspecified atom stereocenters. The van der Waals surface area contributed by atoms with Gasteiger partial charge >= 0.3 is 0 Å². The molecule has 1 aliphatic rings. The van der Waals surface area contributed by atoms with Gasteiger partial charge in [0.05, 0.1) is 0 Å². The van der Waals surface area contributed by atoms with Gasteiger partial charge in [-0.25, -0.2) is 0 Å². The Hall–Kier alpha value is -1.05. The van der Waals surface area contributed by atoms with Gasteiger partial charge in [-0.05, 0) is 6.08 Å². The van der Waals surface area contributed by atoms with Crippen LogP contribution in [0.1, 0.15) is 0 Å². The lowest BCUT2D eigenvalue weighted by molar-refractivity contribution is -0.115. The van der Waals surface area contributed by atoms with Gasteiger partial charge < -0.3 is 4.74 Å². The molecule has 1 aliphatic heterocycles. The molecule has 0 aromatic carbocycles. The Bertz CT molecular complexity index is 156. The highest BCUT2D eigenvalue weighted by molar-refractivity contribution is 5.93. The molecule has 42 valence electrons. The van der Waals surface area contributed by atoms with E-state index in [1.807, 2.05) is 0 Å². The van der Waals surface area contributed by atoms with E-state index in [0.29, 0.717) is 5.76 Å². The fourth-order valence-corrected chi connectivity index (χ4v) is 0.514. The van der Waals surface area contributed by atoms with Crippen molar-refractivity contribution >= 4 is 5.78 Å². The molecule has 0 aromatic heterocycles. The quantitative estimate of drug-likeness (QED) is 0.495. The Balaban J connectivity index is 2.70. The molecule has 0 fully saturated rings. The molecular weight excluding hydrogens is 104 g/mol. The zero-order chi connectivity index (χ0) is 5.98. The minimum absolute atomic E-state index is 0.0138. The highest BCUT2D eigenvalue weighted by Gasteiger charge is 2.08. The van der Waals surface area contributed by atoms with Gasteiger partial charge in [0.2, 0.25) is 0 Å². The SMILES string of the molecule is C=CC1=CC(=O)CO1. The van der Waals surface area contributed by atoms with Crippen molar-refractivity contribution in [1.29, 1.82) is 0 Å². The van der Waals surface area contributed by atoms with Crippen LogP contribution >= 0.6 is 0 Å². The number of carbonyl (C=O) groups excluding carboxylic acids is 1. The highest BCUT2D eigenvalue weighted by atomic mass is 16.5. The molecule has 0 N–H and O–H groups in total. The molecule has 0 spiro atoms. The van der Waals surface area contributed by atoms with E-state index in [4.69, 9.17) is 4.74 Å². The normalized spacial score (nSPS) is 17.5. The van der Waals surface area contributed by atoms with E-state index in [0.717, 1.165) is 0 Å². The maximum atomic E-state index is 10.4. The Labute approximate surface area is 47.5 Å². The van der Waals surface area contributed by atoms with Gasteiger partial charge in [-0.15, -0.1) is 0 Å². The van der Waals surface area contributed by atoms with Gasteiger partial charge in [0.25, 0.3) is 0 Å². The molecule has 0 aromatic rings. The van der Waals surface area contributed by atoms with Crippen LogP contribution < -0.4 is 0 Å². The van der Waals surface area contributed by atoms with Crippen LogP contribution in [0.3, 0.4) is 0 Å². The number of allylic oxidation sites excluding steroid dienone is 1. The van der Waals surface area contributed by atoms with E-state index in [9.17, 15) is 4.79 Å². The minimum atomic E-state index is 0.0138. The molecule has 2 heteroatoms. The third kappa shape index (κ3) is 0.780. The van der Waals surface area contributed by atoms with Crippen LogP contribution in [0.25, 0.3) is 0 Å². The summed E-state index contributed by atoms with van der Waals surface area (Å²) in [5, 5.41) is 0. The second-order valence-electron chi connectivity index (χ2n) is 1.51. The van der Waals surface area contributed by atoms with Crippen molar-refractivity contribution in [3.63, 3.8) is 0 Å². The fraction of sp³-hybridized carbons (Fsp3) is 0.167. The summed E-state index contributed by atoms with van der Waals surface area (Å²) >= 11 is 0. The molecule has 0 saturated heterocycles. The summed E-state index contributed by atoms with van der Waals surface area (Å²) in [5.74, 6) is 0.593. The second-order valence-corrected chi connectivity index (χ2v) is 1.51. The number of ketones is 1. The summed E-state index contributed by atoms with van der Waals surface area (Å²) in [5.41, 5.74) is 0. The summed E-state index contributed by atoms with van der Waals surface area (Å²) in [6.07, 6.45) is 2.96. The maximum absolute atomic E-state index is 10.4. The lowest BCUT2D eigenvalue weighted by atomic mass is 10.4. The molecule has 1 rings (SSSR count). The van der Waals surface area contributed by atoms with Crippen molar-refractivity contribution in [3.05, 3.63) is 24.5 Å². The van der Waals surface area contributed by atoms with Gasteiger partial charge in [0.1, 0.15) is 5.76 Å². The van der Waals surface area contributed by atoms with Crippen molar-refractivity contribution in [1.82, 2.24) is 0 Å². The van der Waals surface area contributed by atoms with Gasteiger partial charge in [-0.2, -0.15) is 0 Å². The monoisotopic (exact) mass is 110 g/mol. The first-order valence-corrected chi connectivity index (χ1v) is 2.32. The maximum Gasteiger partial charge on any atom is 0.196 e. The van der Waals surface area contributed by atoms with Crippen LogP contribution in [0.2, 0.25) is 0 Å². The molecule has 0 amide bonds. The Morgan fingerprint density at radius 2 is 2.62 bits per heavy atom. The number of carbonyl (C=O) groups is 1. The van der Waals surface area contributed by atoms with Crippen molar-refractivity contribution in [2.75, 3.05) is 6.61 Å². The molecule has 0 saturated carbocycles. The first-order valence-electron chi connectivity index (χ1n) is 2.32. The summed E-state index contributed by atoms with van der Waals surface area (Å²) < 4.78 is 4.81. The van der Waals surface area contributed by atoms with E-state index < -0.39 is 0 Å². The molecule has 0 atom stereocenters. The summed E-state index contributed by atoms with van der Waals surface area (Å²) in [7, 11) is 0. The van der Waals surface area contributed by atoms with Crippen LogP contribution in [0.5, 0.6) is 0 Å². The van der Waals surface area contributed by atoms with Crippen LogP contribution in [-0.2, 0) is 9.53 Å². The van der Waals surface area contributed by atoms with Gasteiger partial charge in [0.15, 0.2) is 12.4 Å². The van der Waals surface area contributed by atoms with Crippen LogP contribution in [0, 0.1) is 0 Å². The zero-order valence-corrected chi connectivity index (χ0v) is 4.39. The van der Waals surface area contributed by atoms with E-state index in [1.54, 1.807) is 0 Å². The van der Waals surface area contributed by atoms with Crippen LogP contribution in [0.15, 0.2) is 24.5 Å². The average molecular weight is 110 g/mol. The Kier molecular flexibility index (Phi) is 1.16. The second kappa shape index (κ2) is 1.82. The van der Waals surface area contributed by atoms with Gasteiger partial charge in [-0.1, -0.05) is 6.58 Å². The minimum Gasteiger partial charge on any atom is -0.485 e. The van der Waals surface area contributed by atoms with Crippen LogP contribution in [0.4, 0.5) is 0 Å². The summed E-state index contributed by atoms with van der Waals surface area (Å²) in [4.78, 5) is 10.4. The topological polar surface area (TPSA) is 26.3 Å². The van der Waals surface area contributed by atoms with Gasteiger partial charge in [0, 0.05) is 6.08 Å². The highest BCUT2D eigenvalue weighted by Crippen LogP contribution is 2.05. The third-order valence-corrected chi connectivity index (χ3v) is 0.886.